The molecule has 23 heavy (non-hydrogen) atoms. The van der Waals surface area contributed by atoms with Gasteiger partial charge in [-0.15, -0.1) is 0 Å². The lowest BCUT2D eigenvalue weighted by Gasteiger charge is -2.43. The van der Waals surface area contributed by atoms with E-state index in [1.54, 1.807) is 6.07 Å². The summed E-state index contributed by atoms with van der Waals surface area (Å²) in [5.74, 6) is 0. The quantitative estimate of drug-likeness (QED) is 0.683. The molecule has 2 aliphatic heterocycles. The number of rotatable bonds is 4. The van der Waals surface area contributed by atoms with E-state index in [-0.39, 0.29) is 10.6 Å². The smallest absolute Gasteiger partial charge is 0.272 e. The first-order chi connectivity index (χ1) is 11.2. The maximum Gasteiger partial charge on any atom is 0.272 e. The van der Waals surface area contributed by atoms with Crippen LogP contribution in [-0.2, 0) is 6.42 Å². The summed E-state index contributed by atoms with van der Waals surface area (Å²) in [6.45, 7) is 5.37. The van der Waals surface area contributed by atoms with Crippen LogP contribution >= 0.6 is 0 Å². The van der Waals surface area contributed by atoms with Crippen LogP contribution in [0.4, 0.5) is 5.69 Å². The first-order valence-electron chi connectivity index (χ1n) is 8.94. The van der Waals surface area contributed by atoms with Crippen molar-refractivity contribution in [1.29, 1.82) is 0 Å². The molecule has 1 unspecified atom stereocenters. The highest BCUT2D eigenvalue weighted by molar-refractivity contribution is 5.43. The lowest BCUT2D eigenvalue weighted by atomic mass is 9.90. The summed E-state index contributed by atoms with van der Waals surface area (Å²) in [4.78, 5) is 13.6. The van der Waals surface area contributed by atoms with Gasteiger partial charge in [-0.2, -0.15) is 0 Å². The van der Waals surface area contributed by atoms with E-state index in [0.29, 0.717) is 18.5 Å². The molecule has 1 aromatic rings. The van der Waals surface area contributed by atoms with E-state index in [1.807, 2.05) is 13.0 Å². The van der Waals surface area contributed by atoms with E-state index in [4.69, 9.17) is 0 Å². The van der Waals surface area contributed by atoms with Gasteiger partial charge in [-0.25, -0.2) is 0 Å². The number of nitro groups is 1. The number of hydrogen-bond donors (Lipinski definition) is 1. The molecule has 0 amide bonds. The molecule has 0 radical (unpaired) electrons. The topological polar surface area (TPSA) is 58.4 Å². The minimum absolute atomic E-state index is 0.256. The highest BCUT2D eigenvalue weighted by Gasteiger charge is 2.31. The lowest BCUT2D eigenvalue weighted by Crippen LogP contribution is -2.46. The molecule has 1 N–H and O–H groups in total. The van der Waals surface area contributed by atoms with Crippen LogP contribution in [0.25, 0.3) is 0 Å². The summed E-state index contributed by atoms with van der Waals surface area (Å²) in [5.41, 5.74) is 2.40. The number of likely N-dealkylation sites (tertiary alicyclic amines) is 1. The van der Waals surface area contributed by atoms with E-state index in [2.05, 4.69) is 16.3 Å². The second kappa shape index (κ2) is 7.41. The standard InChI is InChI=1S/C18H27N3O2/c1-2-14-13-15(6-7-18(14)21(22)23)17-5-3-4-12-20(17)16-8-10-19-11-9-16/h6-7,13,16-17,19H,2-5,8-12H2,1H3. The maximum absolute atomic E-state index is 11.2. The third-order valence-corrected chi connectivity index (χ3v) is 5.39. The minimum Gasteiger partial charge on any atom is -0.317 e. The Bertz CT molecular complexity index is 555. The number of benzene rings is 1. The Kier molecular flexibility index (Phi) is 5.28. The molecule has 3 rings (SSSR count). The van der Waals surface area contributed by atoms with Crippen LogP contribution in [0.2, 0.25) is 0 Å². The van der Waals surface area contributed by atoms with E-state index in [1.165, 1.54) is 37.7 Å². The van der Waals surface area contributed by atoms with Crippen molar-refractivity contribution in [3.05, 3.63) is 39.4 Å². The van der Waals surface area contributed by atoms with E-state index < -0.39 is 0 Å². The van der Waals surface area contributed by atoms with Gasteiger partial charge in [0.1, 0.15) is 0 Å². The summed E-state index contributed by atoms with van der Waals surface area (Å²) >= 11 is 0. The molecule has 0 saturated carbocycles. The van der Waals surface area contributed by atoms with Gasteiger partial charge in [0.15, 0.2) is 0 Å². The van der Waals surface area contributed by atoms with Gasteiger partial charge in [0.25, 0.3) is 5.69 Å². The monoisotopic (exact) mass is 317 g/mol. The van der Waals surface area contributed by atoms with Crippen LogP contribution in [0, 0.1) is 10.1 Å². The molecule has 0 aliphatic carbocycles. The van der Waals surface area contributed by atoms with Gasteiger partial charge in [0.2, 0.25) is 0 Å². The van der Waals surface area contributed by atoms with Gasteiger partial charge in [0, 0.05) is 23.7 Å². The number of piperidine rings is 2. The van der Waals surface area contributed by atoms with Crippen LogP contribution in [-0.4, -0.2) is 35.5 Å². The molecule has 2 heterocycles. The molecule has 0 aromatic heterocycles. The molecule has 0 bridgehead atoms. The van der Waals surface area contributed by atoms with Crippen LogP contribution in [0.1, 0.15) is 56.2 Å². The summed E-state index contributed by atoms with van der Waals surface area (Å²) in [7, 11) is 0. The normalized spacial score (nSPS) is 23.8. The molecule has 1 aromatic carbocycles. The molecule has 0 spiro atoms. The van der Waals surface area contributed by atoms with Crippen LogP contribution in [0.3, 0.4) is 0 Å². The summed E-state index contributed by atoms with van der Waals surface area (Å²) in [5, 5.41) is 14.6. The van der Waals surface area contributed by atoms with Crippen molar-refractivity contribution in [1.82, 2.24) is 10.2 Å². The van der Waals surface area contributed by atoms with Gasteiger partial charge in [-0.1, -0.05) is 19.4 Å². The molecule has 126 valence electrons. The third kappa shape index (κ3) is 3.56. The summed E-state index contributed by atoms with van der Waals surface area (Å²) < 4.78 is 0. The first kappa shape index (κ1) is 16.4. The molecular formula is C18H27N3O2. The van der Waals surface area contributed by atoms with Crippen molar-refractivity contribution < 1.29 is 4.92 Å². The lowest BCUT2D eigenvalue weighted by molar-refractivity contribution is -0.385. The zero-order valence-corrected chi connectivity index (χ0v) is 14.0. The average molecular weight is 317 g/mol. The van der Waals surface area contributed by atoms with Gasteiger partial charge in [-0.3, -0.25) is 15.0 Å². The fourth-order valence-electron chi connectivity index (χ4n) is 4.16. The molecule has 2 fully saturated rings. The Hall–Kier alpha value is -1.46. The summed E-state index contributed by atoms with van der Waals surface area (Å²) in [6, 6.07) is 6.87. The van der Waals surface area contributed by atoms with Crippen LogP contribution < -0.4 is 5.32 Å². The zero-order chi connectivity index (χ0) is 16.2. The van der Waals surface area contributed by atoms with Gasteiger partial charge in [-0.05, 0) is 63.4 Å². The van der Waals surface area contributed by atoms with Crippen molar-refractivity contribution >= 4 is 5.69 Å². The van der Waals surface area contributed by atoms with E-state index >= 15 is 0 Å². The SMILES string of the molecule is CCc1cc(C2CCCCN2C2CCNCC2)ccc1[N+](=O)[O-]. The van der Waals surface area contributed by atoms with E-state index in [0.717, 1.165) is 25.2 Å². The Morgan fingerprint density at radius 1 is 1.26 bits per heavy atom. The first-order valence-corrected chi connectivity index (χ1v) is 8.94. The van der Waals surface area contributed by atoms with Crippen LogP contribution in [0.5, 0.6) is 0 Å². The fraction of sp³-hybridized carbons (Fsp3) is 0.667. The van der Waals surface area contributed by atoms with Crippen molar-refractivity contribution in [3.8, 4) is 0 Å². The predicted molar refractivity (Wildman–Crippen MR) is 91.7 cm³/mol. The predicted octanol–water partition coefficient (Wildman–Crippen LogP) is 3.44. The fourth-order valence-corrected chi connectivity index (χ4v) is 4.16. The Balaban J connectivity index is 1.86. The average Bonchev–Trinajstić information content (AvgIpc) is 2.61. The van der Waals surface area contributed by atoms with Crippen molar-refractivity contribution in [2.45, 2.75) is 57.5 Å². The Labute approximate surface area is 138 Å². The van der Waals surface area contributed by atoms with Crippen molar-refractivity contribution in [3.63, 3.8) is 0 Å². The number of nitrogens with zero attached hydrogens (tertiary/aromatic N) is 2. The molecule has 2 aliphatic rings. The highest BCUT2D eigenvalue weighted by Crippen LogP contribution is 2.36. The Morgan fingerprint density at radius 3 is 2.74 bits per heavy atom. The molecule has 1 atom stereocenters. The van der Waals surface area contributed by atoms with Crippen molar-refractivity contribution in [2.75, 3.05) is 19.6 Å². The minimum atomic E-state index is -0.256. The second-order valence-electron chi connectivity index (χ2n) is 6.73. The largest absolute Gasteiger partial charge is 0.317 e. The third-order valence-electron chi connectivity index (χ3n) is 5.39. The maximum atomic E-state index is 11.2. The highest BCUT2D eigenvalue weighted by atomic mass is 16.6. The summed E-state index contributed by atoms with van der Waals surface area (Å²) in [6.07, 6.45) is 6.84. The molecule has 5 nitrogen and oxygen atoms in total. The van der Waals surface area contributed by atoms with Crippen LogP contribution in [0.15, 0.2) is 18.2 Å². The number of hydrogen-bond acceptors (Lipinski definition) is 4. The van der Waals surface area contributed by atoms with Gasteiger partial charge in [0.05, 0.1) is 4.92 Å². The Morgan fingerprint density at radius 2 is 2.04 bits per heavy atom. The van der Waals surface area contributed by atoms with Gasteiger partial charge >= 0.3 is 0 Å². The molecular weight excluding hydrogens is 290 g/mol. The number of nitro benzene ring substituents is 1. The number of nitrogens with one attached hydrogen (secondary N) is 1. The van der Waals surface area contributed by atoms with E-state index in [9.17, 15) is 10.1 Å². The molecule has 5 heteroatoms. The zero-order valence-electron chi connectivity index (χ0n) is 14.0. The second-order valence-corrected chi connectivity index (χ2v) is 6.73. The number of aryl methyl sites for hydroxylation is 1. The van der Waals surface area contributed by atoms with Crippen molar-refractivity contribution in [2.24, 2.45) is 0 Å². The van der Waals surface area contributed by atoms with Gasteiger partial charge < -0.3 is 5.32 Å². The molecule has 2 saturated heterocycles.